The minimum Gasteiger partial charge on any atom is -0.379 e. The second kappa shape index (κ2) is 4.95. The molecular weight excluding hydrogens is 204 g/mol. The van der Waals surface area contributed by atoms with Crippen LogP contribution < -0.4 is 5.43 Å². The SMILES string of the molecule is Cc1nn(C)cc1C(C)NN1CCOCC1. The number of rotatable bonds is 3. The third-order valence-electron chi connectivity index (χ3n) is 2.91. The highest BCUT2D eigenvalue weighted by Crippen LogP contribution is 2.16. The molecule has 90 valence electrons. The van der Waals surface area contributed by atoms with Crippen molar-refractivity contribution in [1.82, 2.24) is 20.2 Å². The quantitative estimate of drug-likeness (QED) is 0.817. The molecule has 2 heterocycles. The largest absolute Gasteiger partial charge is 0.379 e. The van der Waals surface area contributed by atoms with Gasteiger partial charge in [0.25, 0.3) is 0 Å². The van der Waals surface area contributed by atoms with Gasteiger partial charge in [0.05, 0.1) is 18.9 Å². The van der Waals surface area contributed by atoms with E-state index in [1.165, 1.54) is 5.56 Å². The van der Waals surface area contributed by atoms with Gasteiger partial charge in [0.15, 0.2) is 0 Å². The van der Waals surface area contributed by atoms with E-state index in [9.17, 15) is 0 Å². The zero-order chi connectivity index (χ0) is 11.5. The Bertz CT molecular complexity index is 344. The summed E-state index contributed by atoms with van der Waals surface area (Å²) in [4.78, 5) is 0. The molecule has 1 aliphatic rings. The number of hydrogen-bond acceptors (Lipinski definition) is 4. The molecule has 0 aromatic carbocycles. The van der Waals surface area contributed by atoms with Crippen molar-refractivity contribution >= 4 is 0 Å². The lowest BCUT2D eigenvalue weighted by Gasteiger charge is -2.30. The molecule has 1 fully saturated rings. The van der Waals surface area contributed by atoms with E-state index in [1.54, 1.807) is 0 Å². The zero-order valence-electron chi connectivity index (χ0n) is 10.2. The van der Waals surface area contributed by atoms with Crippen LogP contribution in [0.4, 0.5) is 0 Å². The molecule has 1 unspecified atom stereocenters. The molecule has 1 aromatic rings. The molecule has 0 spiro atoms. The van der Waals surface area contributed by atoms with Crippen LogP contribution in [-0.4, -0.2) is 41.1 Å². The summed E-state index contributed by atoms with van der Waals surface area (Å²) < 4.78 is 7.18. The van der Waals surface area contributed by atoms with E-state index >= 15 is 0 Å². The third kappa shape index (κ3) is 2.61. The van der Waals surface area contributed by atoms with Crippen LogP contribution in [0.3, 0.4) is 0 Å². The third-order valence-corrected chi connectivity index (χ3v) is 2.91. The predicted molar refractivity (Wildman–Crippen MR) is 61.9 cm³/mol. The van der Waals surface area contributed by atoms with Gasteiger partial charge in [-0.05, 0) is 13.8 Å². The highest BCUT2D eigenvalue weighted by atomic mass is 16.5. The lowest BCUT2D eigenvalue weighted by atomic mass is 10.1. The minimum atomic E-state index is 0.298. The summed E-state index contributed by atoms with van der Waals surface area (Å²) >= 11 is 0. The smallest absolute Gasteiger partial charge is 0.0641 e. The van der Waals surface area contributed by atoms with Crippen LogP contribution in [0, 0.1) is 6.92 Å². The first-order valence-corrected chi connectivity index (χ1v) is 5.76. The van der Waals surface area contributed by atoms with Gasteiger partial charge in [-0.15, -0.1) is 0 Å². The van der Waals surface area contributed by atoms with Crippen LogP contribution in [0.2, 0.25) is 0 Å². The van der Waals surface area contributed by atoms with Gasteiger partial charge in [-0.2, -0.15) is 5.10 Å². The minimum absolute atomic E-state index is 0.298. The number of nitrogens with one attached hydrogen (secondary N) is 1. The van der Waals surface area contributed by atoms with Gasteiger partial charge in [-0.3, -0.25) is 4.68 Å². The van der Waals surface area contributed by atoms with Crippen molar-refractivity contribution < 1.29 is 4.74 Å². The molecule has 16 heavy (non-hydrogen) atoms. The summed E-state index contributed by atoms with van der Waals surface area (Å²) in [5.41, 5.74) is 5.84. The highest BCUT2D eigenvalue weighted by molar-refractivity contribution is 5.18. The van der Waals surface area contributed by atoms with E-state index < -0.39 is 0 Å². The normalized spacial score (nSPS) is 19.9. The molecule has 1 aliphatic heterocycles. The van der Waals surface area contributed by atoms with Crippen molar-refractivity contribution in [2.45, 2.75) is 19.9 Å². The Morgan fingerprint density at radius 1 is 1.44 bits per heavy atom. The maximum atomic E-state index is 5.32. The molecular formula is C11H20N4O. The Labute approximate surface area is 96.3 Å². The number of nitrogens with zero attached hydrogens (tertiary/aromatic N) is 3. The molecule has 0 bridgehead atoms. The monoisotopic (exact) mass is 224 g/mol. The number of aryl methyl sites for hydroxylation is 2. The summed E-state index contributed by atoms with van der Waals surface area (Å²) in [7, 11) is 1.96. The van der Waals surface area contributed by atoms with Crippen molar-refractivity contribution in [3.8, 4) is 0 Å². The fraction of sp³-hybridized carbons (Fsp3) is 0.727. The van der Waals surface area contributed by atoms with Crippen molar-refractivity contribution in [3.05, 3.63) is 17.5 Å². The van der Waals surface area contributed by atoms with Gasteiger partial charge >= 0.3 is 0 Å². The Hall–Kier alpha value is -0.910. The Morgan fingerprint density at radius 3 is 2.69 bits per heavy atom. The molecule has 1 aromatic heterocycles. The molecule has 0 radical (unpaired) electrons. The second-order valence-electron chi connectivity index (χ2n) is 4.29. The number of hydrazine groups is 1. The summed E-state index contributed by atoms with van der Waals surface area (Å²) in [5, 5.41) is 6.58. The maximum absolute atomic E-state index is 5.32. The van der Waals surface area contributed by atoms with Gasteiger partial charge < -0.3 is 4.74 Å². The second-order valence-corrected chi connectivity index (χ2v) is 4.29. The van der Waals surface area contributed by atoms with E-state index in [1.807, 2.05) is 18.7 Å². The molecule has 2 rings (SSSR count). The van der Waals surface area contributed by atoms with Crippen molar-refractivity contribution in [1.29, 1.82) is 0 Å². The topological polar surface area (TPSA) is 42.3 Å². The van der Waals surface area contributed by atoms with Crippen LogP contribution in [0.1, 0.15) is 24.2 Å². The average molecular weight is 224 g/mol. The van der Waals surface area contributed by atoms with Crippen molar-refractivity contribution in [2.75, 3.05) is 26.3 Å². The van der Waals surface area contributed by atoms with Crippen LogP contribution in [-0.2, 0) is 11.8 Å². The summed E-state index contributed by atoms with van der Waals surface area (Å²) in [6.45, 7) is 7.73. The summed E-state index contributed by atoms with van der Waals surface area (Å²) in [6.07, 6.45) is 2.08. The van der Waals surface area contributed by atoms with E-state index in [0.29, 0.717) is 6.04 Å². The van der Waals surface area contributed by atoms with Gasteiger partial charge in [-0.1, -0.05) is 0 Å². The van der Waals surface area contributed by atoms with Crippen LogP contribution in [0.5, 0.6) is 0 Å². The van der Waals surface area contributed by atoms with Crippen molar-refractivity contribution in [2.24, 2.45) is 7.05 Å². The van der Waals surface area contributed by atoms with E-state index in [0.717, 1.165) is 32.0 Å². The van der Waals surface area contributed by atoms with E-state index in [4.69, 9.17) is 4.74 Å². The van der Waals surface area contributed by atoms with Crippen LogP contribution >= 0.6 is 0 Å². The number of aromatic nitrogens is 2. The number of ether oxygens (including phenoxy) is 1. The lowest BCUT2D eigenvalue weighted by Crippen LogP contribution is -2.46. The molecule has 0 saturated carbocycles. The number of morpholine rings is 1. The predicted octanol–water partition coefficient (Wildman–Crippen LogP) is 0.626. The highest BCUT2D eigenvalue weighted by Gasteiger charge is 2.16. The van der Waals surface area contributed by atoms with Crippen molar-refractivity contribution in [3.63, 3.8) is 0 Å². The molecule has 1 N–H and O–H groups in total. The maximum Gasteiger partial charge on any atom is 0.0641 e. The molecule has 1 atom stereocenters. The van der Waals surface area contributed by atoms with Gasteiger partial charge in [-0.25, -0.2) is 10.4 Å². The number of hydrogen-bond donors (Lipinski definition) is 1. The van der Waals surface area contributed by atoms with Gasteiger partial charge in [0, 0.05) is 37.9 Å². The summed E-state index contributed by atoms with van der Waals surface area (Å²) in [5.74, 6) is 0. The van der Waals surface area contributed by atoms with Crippen LogP contribution in [0.25, 0.3) is 0 Å². The Morgan fingerprint density at radius 2 is 2.12 bits per heavy atom. The standard InChI is InChI=1S/C11H20N4O/c1-9-11(8-14(3)12-9)10(2)13-15-4-6-16-7-5-15/h8,10,13H,4-7H2,1-3H3. The Kier molecular flexibility index (Phi) is 3.58. The molecule has 5 nitrogen and oxygen atoms in total. The summed E-state index contributed by atoms with van der Waals surface area (Å²) in [6, 6.07) is 0.298. The van der Waals surface area contributed by atoms with Crippen LogP contribution in [0.15, 0.2) is 6.20 Å². The lowest BCUT2D eigenvalue weighted by molar-refractivity contribution is 0.00480. The fourth-order valence-electron chi connectivity index (χ4n) is 2.08. The molecule has 0 amide bonds. The zero-order valence-corrected chi connectivity index (χ0v) is 10.2. The Balaban J connectivity index is 1.96. The van der Waals surface area contributed by atoms with Gasteiger partial charge in [0.1, 0.15) is 0 Å². The first kappa shape index (κ1) is 11.6. The van der Waals surface area contributed by atoms with E-state index in [2.05, 4.69) is 28.7 Å². The van der Waals surface area contributed by atoms with Gasteiger partial charge in [0.2, 0.25) is 0 Å². The average Bonchev–Trinajstić information content (AvgIpc) is 2.59. The first-order valence-electron chi connectivity index (χ1n) is 5.76. The molecule has 5 heteroatoms. The van der Waals surface area contributed by atoms with E-state index in [-0.39, 0.29) is 0 Å². The first-order chi connectivity index (χ1) is 7.66. The molecule has 1 saturated heterocycles. The molecule has 0 aliphatic carbocycles. The fourth-order valence-corrected chi connectivity index (χ4v) is 2.08.